The van der Waals surface area contributed by atoms with Crippen LogP contribution in [0.1, 0.15) is 86.5 Å². The summed E-state index contributed by atoms with van der Waals surface area (Å²) in [4.78, 5) is 25.2. The lowest BCUT2D eigenvalue weighted by Gasteiger charge is -2.57. The highest BCUT2D eigenvalue weighted by Gasteiger charge is 2.60. The van der Waals surface area contributed by atoms with Gasteiger partial charge in [-0.1, -0.05) is 53.7 Å². The summed E-state index contributed by atoms with van der Waals surface area (Å²) < 4.78 is 0. The average molecular weight is 411 g/mol. The molecule has 3 fully saturated rings. The molecule has 0 amide bonds. The fraction of sp³-hybridized carbons (Fsp3) is 0.786. The van der Waals surface area contributed by atoms with Gasteiger partial charge in [0, 0.05) is 18.4 Å². The van der Waals surface area contributed by atoms with Gasteiger partial charge in [-0.3, -0.25) is 9.59 Å². The van der Waals surface area contributed by atoms with Crippen LogP contribution in [-0.4, -0.2) is 11.6 Å². The molecule has 2 heteroatoms. The van der Waals surface area contributed by atoms with Crippen molar-refractivity contribution in [3.63, 3.8) is 0 Å². The summed E-state index contributed by atoms with van der Waals surface area (Å²) in [5, 5.41) is 0. The Hall–Kier alpha value is -1.18. The van der Waals surface area contributed by atoms with Crippen LogP contribution in [0, 0.1) is 52.3 Å². The van der Waals surface area contributed by atoms with E-state index in [1.807, 2.05) is 0 Å². The van der Waals surface area contributed by atoms with E-state index in [0.717, 1.165) is 17.9 Å². The van der Waals surface area contributed by atoms with Gasteiger partial charge in [0.15, 0.2) is 11.6 Å². The van der Waals surface area contributed by atoms with Crippen LogP contribution in [0.5, 0.6) is 0 Å². The average Bonchev–Trinajstić information content (AvgIpc) is 3.04. The molecule has 4 aliphatic rings. The largest absolute Gasteiger partial charge is 0.295 e. The van der Waals surface area contributed by atoms with Gasteiger partial charge >= 0.3 is 0 Å². The van der Waals surface area contributed by atoms with E-state index >= 15 is 0 Å². The first-order valence-electron chi connectivity index (χ1n) is 12.5. The van der Waals surface area contributed by atoms with Gasteiger partial charge in [0.05, 0.1) is 0 Å². The van der Waals surface area contributed by atoms with E-state index < -0.39 is 0 Å². The van der Waals surface area contributed by atoms with E-state index in [-0.39, 0.29) is 17.0 Å². The molecule has 166 valence electrons. The third-order valence-corrected chi connectivity index (χ3v) is 10.3. The lowest BCUT2D eigenvalue weighted by Crippen LogP contribution is -2.53. The monoisotopic (exact) mass is 410 g/mol. The Bertz CT molecular complexity index is 774. The maximum atomic E-state index is 13.2. The van der Waals surface area contributed by atoms with E-state index in [4.69, 9.17) is 0 Å². The number of ketones is 2. The zero-order valence-corrected chi connectivity index (χ0v) is 20.0. The highest BCUT2D eigenvalue weighted by Crippen LogP contribution is 2.67. The van der Waals surface area contributed by atoms with Crippen molar-refractivity contribution in [2.45, 2.75) is 86.5 Å². The summed E-state index contributed by atoms with van der Waals surface area (Å²) >= 11 is 0. The predicted molar refractivity (Wildman–Crippen MR) is 123 cm³/mol. The SMILES string of the molecule is CC(C)C(C)/C=C/[C@@H](C)[C@H]1CC[C@H]2[C@@H]3CC(=O)C4=CC(=O)CC[C@]4(C)[C@H]3CC[C@]12C. The number of rotatable bonds is 4. The van der Waals surface area contributed by atoms with Crippen molar-refractivity contribution in [1.82, 2.24) is 0 Å². The van der Waals surface area contributed by atoms with Crippen molar-refractivity contribution >= 4 is 11.6 Å². The number of carbonyl (C=O) groups is 2. The minimum Gasteiger partial charge on any atom is -0.295 e. The van der Waals surface area contributed by atoms with E-state index in [1.165, 1.54) is 25.7 Å². The number of fused-ring (bicyclic) bond motifs is 5. The summed E-state index contributed by atoms with van der Waals surface area (Å²) in [5.41, 5.74) is 1.16. The first-order valence-corrected chi connectivity index (χ1v) is 12.5. The molecule has 0 bridgehead atoms. The van der Waals surface area contributed by atoms with Gasteiger partial charge in [-0.2, -0.15) is 0 Å². The Labute approximate surface area is 184 Å². The Morgan fingerprint density at radius 1 is 0.967 bits per heavy atom. The second-order valence-electron chi connectivity index (χ2n) is 12.0. The molecule has 0 aromatic rings. The van der Waals surface area contributed by atoms with Crippen LogP contribution < -0.4 is 0 Å². The van der Waals surface area contributed by atoms with Crippen LogP contribution >= 0.6 is 0 Å². The molecule has 0 saturated heterocycles. The number of hydrogen-bond acceptors (Lipinski definition) is 2. The molecule has 0 aromatic carbocycles. The van der Waals surface area contributed by atoms with Gasteiger partial charge in [-0.05, 0) is 90.4 Å². The summed E-state index contributed by atoms with van der Waals surface area (Å²) in [6, 6.07) is 0. The summed E-state index contributed by atoms with van der Waals surface area (Å²) in [6.45, 7) is 14.2. The Kier molecular flexibility index (Phi) is 5.69. The van der Waals surface area contributed by atoms with Crippen molar-refractivity contribution in [2.24, 2.45) is 52.3 Å². The van der Waals surface area contributed by atoms with Crippen LogP contribution in [0.2, 0.25) is 0 Å². The third-order valence-electron chi connectivity index (χ3n) is 10.3. The second-order valence-corrected chi connectivity index (χ2v) is 12.0. The van der Waals surface area contributed by atoms with E-state index in [2.05, 4.69) is 53.7 Å². The molecule has 0 spiro atoms. The minimum atomic E-state index is -0.0639. The van der Waals surface area contributed by atoms with Crippen molar-refractivity contribution in [1.29, 1.82) is 0 Å². The number of carbonyl (C=O) groups excluding carboxylic acids is 2. The zero-order valence-electron chi connectivity index (χ0n) is 20.0. The Morgan fingerprint density at radius 2 is 1.70 bits per heavy atom. The maximum Gasteiger partial charge on any atom is 0.159 e. The van der Waals surface area contributed by atoms with Crippen LogP contribution in [0.25, 0.3) is 0 Å². The minimum absolute atomic E-state index is 0.0639. The van der Waals surface area contributed by atoms with Gasteiger partial charge in [0.2, 0.25) is 0 Å². The normalized spacial score (nSPS) is 43.2. The molecule has 0 aliphatic heterocycles. The number of Topliss-reactive ketones (excluding diaryl/α,β-unsaturated/α-hetero) is 1. The highest BCUT2D eigenvalue weighted by atomic mass is 16.1. The molecule has 0 N–H and O–H groups in total. The van der Waals surface area contributed by atoms with Crippen molar-refractivity contribution in [2.75, 3.05) is 0 Å². The quantitative estimate of drug-likeness (QED) is 0.478. The van der Waals surface area contributed by atoms with Crippen molar-refractivity contribution < 1.29 is 9.59 Å². The fourth-order valence-corrected chi connectivity index (χ4v) is 8.00. The molecule has 2 nitrogen and oxygen atoms in total. The molecule has 0 aromatic heterocycles. The molecule has 4 aliphatic carbocycles. The first-order chi connectivity index (χ1) is 14.1. The van der Waals surface area contributed by atoms with Gasteiger partial charge < -0.3 is 0 Å². The third kappa shape index (κ3) is 3.37. The van der Waals surface area contributed by atoms with E-state index in [0.29, 0.717) is 53.8 Å². The summed E-state index contributed by atoms with van der Waals surface area (Å²) in [6.07, 6.45) is 13.9. The fourth-order valence-electron chi connectivity index (χ4n) is 8.00. The van der Waals surface area contributed by atoms with E-state index in [9.17, 15) is 9.59 Å². The number of hydrogen-bond donors (Lipinski definition) is 0. The van der Waals surface area contributed by atoms with Crippen LogP contribution in [-0.2, 0) is 9.59 Å². The van der Waals surface area contributed by atoms with Crippen LogP contribution in [0.3, 0.4) is 0 Å². The topological polar surface area (TPSA) is 34.1 Å². The standard InChI is InChI=1S/C28H42O2/c1-17(2)18(3)7-8-19(4)22-9-10-23-21-16-26(30)25-15-20(29)11-13-28(25,6)24(21)12-14-27(22,23)5/h7-8,15,17-19,21-24H,9-14,16H2,1-6H3/b8-7+/t18?,19-,21+,22-,23+,24+,27-,28-/m1/s1. The zero-order chi connectivity index (χ0) is 21.8. The second kappa shape index (κ2) is 7.75. The molecule has 0 radical (unpaired) electrons. The van der Waals surface area contributed by atoms with Crippen LogP contribution in [0.4, 0.5) is 0 Å². The smallest absolute Gasteiger partial charge is 0.159 e. The molecule has 4 rings (SSSR count). The lowest BCUT2D eigenvalue weighted by molar-refractivity contribution is -0.131. The highest BCUT2D eigenvalue weighted by molar-refractivity contribution is 6.05. The first kappa shape index (κ1) is 22.0. The lowest BCUT2D eigenvalue weighted by atomic mass is 9.46. The van der Waals surface area contributed by atoms with Gasteiger partial charge in [0.1, 0.15) is 0 Å². The molecule has 8 atom stereocenters. The molecule has 0 heterocycles. The Balaban J connectivity index is 1.57. The number of allylic oxidation sites excluding steroid dienone is 3. The molecular weight excluding hydrogens is 368 g/mol. The van der Waals surface area contributed by atoms with Crippen molar-refractivity contribution in [3.8, 4) is 0 Å². The summed E-state index contributed by atoms with van der Waals surface area (Å²) in [7, 11) is 0. The van der Waals surface area contributed by atoms with Gasteiger partial charge in [-0.15, -0.1) is 0 Å². The maximum absolute atomic E-state index is 13.2. The van der Waals surface area contributed by atoms with Gasteiger partial charge in [0.25, 0.3) is 0 Å². The molecule has 1 unspecified atom stereocenters. The Morgan fingerprint density at radius 3 is 2.40 bits per heavy atom. The molecule has 3 saturated carbocycles. The molecular formula is C28H42O2. The van der Waals surface area contributed by atoms with E-state index in [1.54, 1.807) is 6.08 Å². The van der Waals surface area contributed by atoms with Gasteiger partial charge in [-0.25, -0.2) is 0 Å². The van der Waals surface area contributed by atoms with Crippen LogP contribution in [0.15, 0.2) is 23.8 Å². The molecule has 30 heavy (non-hydrogen) atoms. The predicted octanol–water partition coefficient (Wildman–Crippen LogP) is 6.80. The van der Waals surface area contributed by atoms with Crippen molar-refractivity contribution in [3.05, 3.63) is 23.8 Å². The summed E-state index contributed by atoms with van der Waals surface area (Å²) in [5.74, 6) is 4.85.